The summed E-state index contributed by atoms with van der Waals surface area (Å²) in [6, 6.07) is 1.55. The number of alkyl halides is 3. The third-order valence-electron chi connectivity index (χ3n) is 3.95. The Kier molecular flexibility index (Phi) is 3.97. The average molecular weight is 363 g/mol. The van der Waals surface area contributed by atoms with Gasteiger partial charge in [0.15, 0.2) is 0 Å². The maximum atomic E-state index is 13.7. The number of aliphatic hydroxyl groups is 1. The van der Waals surface area contributed by atoms with E-state index >= 15 is 0 Å². The van der Waals surface area contributed by atoms with Crippen molar-refractivity contribution in [1.29, 1.82) is 0 Å². The SMILES string of the molecule is CCOC(=O)[C@@H]1O[C@@]2(C(F)(F)F)C[C@](O)(O1)c1c(C)cc(C)nc1O2. The number of carbonyl (C=O) groups excluding carboxylic acids is 1. The van der Waals surface area contributed by atoms with Gasteiger partial charge in [-0.25, -0.2) is 9.78 Å². The first-order valence-electron chi connectivity index (χ1n) is 7.50. The normalized spacial score (nSPS) is 31.1. The predicted octanol–water partition coefficient (Wildman–Crippen LogP) is 1.82. The maximum absolute atomic E-state index is 13.7. The zero-order valence-corrected chi connectivity index (χ0v) is 13.6. The van der Waals surface area contributed by atoms with Gasteiger partial charge in [0.25, 0.3) is 6.29 Å². The molecule has 1 aromatic rings. The smallest absolute Gasteiger partial charge is 0.455 e. The fourth-order valence-electron chi connectivity index (χ4n) is 3.02. The Bertz CT molecular complexity index is 724. The molecule has 10 heteroatoms. The van der Waals surface area contributed by atoms with E-state index in [4.69, 9.17) is 14.2 Å². The second-order valence-electron chi connectivity index (χ2n) is 5.89. The van der Waals surface area contributed by atoms with Crippen LogP contribution in [0, 0.1) is 13.8 Å². The molecule has 1 saturated heterocycles. The van der Waals surface area contributed by atoms with Crippen LogP contribution in [-0.4, -0.2) is 40.9 Å². The molecule has 0 spiro atoms. The van der Waals surface area contributed by atoms with Gasteiger partial charge in [-0.15, -0.1) is 0 Å². The van der Waals surface area contributed by atoms with Gasteiger partial charge in [0, 0.05) is 5.69 Å². The Morgan fingerprint density at radius 1 is 1.44 bits per heavy atom. The van der Waals surface area contributed by atoms with Crippen molar-refractivity contribution in [3.63, 3.8) is 0 Å². The molecular formula is C15H16F3NO6. The molecule has 1 fully saturated rings. The van der Waals surface area contributed by atoms with Gasteiger partial charge in [-0.1, -0.05) is 0 Å². The molecule has 2 bridgehead atoms. The summed E-state index contributed by atoms with van der Waals surface area (Å²) >= 11 is 0. The van der Waals surface area contributed by atoms with Crippen LogP contribution >= 0.6 is 0 Å². The van der Waals surface area contributed by atoms with E-state index in [1.807, 2.05) is 0 Å². The summed E-state index contributed by atoms with van der Waals surface area (Å²) in [7, 11) is 0. The van der Waals surface area contributed by atoms with Crippen LogP contribution in [0.25, 0.3) is 0 Å². The summed E-state index contributed by atoms with van der Waals surface area (Å²) in [4.78, 5) is 15.8. The third kappa shape index (κ3) is 2.74. The van der Waals surface area contributed by atoms with Crippen molar-refractivity contribution in [2.24, 2.45) is 0 Å². The second-order valence-corrected chi connectivity index (χ2v) is 5.89. The number of esters is 1. The lowest BCUT2D eigenvalue weighted by molar-refractivity contribution is -0.474. The van der Waals surface area contributed by atoms with E-state index in [2.05, 4.69) is 9.72 Å². The standard InChI is InChI=1S/C15H16F3NO6/c1-4-22-11(20)12-24-13(21)6-14(25-12,15(16,17)18)23-10-9(13)7(2)5-8(3)19-10/h5,12,21H,4,6H2,1-3H3/t12-,13-,14+/m0/s1. The second kappa shape index (κ2) is 5.55. The minimum absolute atomic E-state index is 0.0735. The summed E-state index contributed by atoms with van der Waals surface area (Å²) in [5.74, 6) is -7.40. The molecule has 25 heavy (non-hydrogen) atoms. The number of rotatable bonds is 2. The molecule has 0 aliphatic carbocycles. The van der Waals surface area contributed by atoms with E-state index < -0.39 is 42.3 Å². The van der Waals surface area contributed by atoms with Gasteiger partial charge in [-0.3, -0.25) is 4.74 Å². The molecule has 1 aromatic heterocycles. The number of pyridine rings is 1. The molecule has 0 aromatic carbocycles. The van der Waals surface area contributed by atoms with Crippen LogP contribution in [-0.2, 0) is 24.8 Å². The molecule has 3 heterocycles. The lowest BCUT2D eigenvalue weighted by Gasteiger charge is -2.50. The summed E-state index contributed by atoms with van der Waals surface area (Å²) in [5.41, 5.74) is 0.722. The van der Waals surface area contributed by atoms with Crippen molar-refractivity contribution in [3.8, 4) is 5.88 Å². The zero-order valence-electron chi connectivity index (χ0n) is 13.6. The molecule has 1 N–H and O–H groups in total. The highest BCUT2D eigenvalue weighted by Gasteiger charge is 2.71. The summed E-state index contributed by atoms with van der Waals surface area (Å²) < 4.78 is 60.7. The van der Waals surface area contributed by atoms with Crippen molar-refractivity contribution in [3.05, 3.63) is 22.9 Å². The van der Waals surface area contributed by atoms with E-state index in [-0.39, 0.29) is 12.2 Å². The Balaban J connectivity index is 2.16. The maximum Gasteiger partial charge on any atom is 0.455 e. The predicted molar refractivity (Wildman–Crippen MR) is 74.2 cm³/mol. The van der Waals surface area contributed by atoms with E-state index in [1.54, 1.807) is 19.9 Å². The van der Waals surface area contributed by atoms with E-state index in [9.17, 15) is 23.1 Å². The van der Waals surface area contributed by atoms with Gasteiger partial charge in [0.1, 0.15) is 0 Å². The number of halogens is 3. The lowest BCUT2D eigenvalue weighted by Crippen LogP contribution is -2.66. The first-order chi connectivity index (χ1) is 11.5. The first-order valence-corrected chi connectivity index (χ1v) is 7.50. The number of nitrogens with zero attached hydrogens (tertiary/aromatic N) is 1. The quantitative estimate of drug-likeness (QED) is 0.802. The molecule has 0 amide bonds. The fraction of sp³-hybridized carbons (Fsp3) is 0.600. The number of ether oxygens (including phenoxy) is 4. The van der Waals surface area contributed by atoms with E-state index in [0.29, 0.717) is 11.3 Å². The molecule has 7 nitrogen and oxygen atoms in total. The van der Waals surface area contributed by atoms with Crippen LogP contribution in [0.4, 0.5) is 13.2 Å². The van der Waals surface area contributed by atoms with Crippen LogP contribution in [0.2, 0.25) is 0 Å². The Labute approximate surface area is 140 Å². The van der Waals surface area contributed by atoms with Crippen molar-refractivity contribution in [2.45, 2.75) is 51.2 Å². The van der Waals surface area contributed by atoms with Crippen LogP contribution in [0.1, 0.15) is 30.2 Å². The third-order valence-corrected chi connectivity index (χ3v) is 3.95. The molecule has 0 saturated carbocycles. The molecule has 3 atom stereocenters. The number of hydrogen-bond acceptors (Lipinski definition) is 7. The Morgan fingerprint density at radius 3 is 2.72 bits per heavy atom. The van der Waals surface area contributed by atoms with Crippen LogP contribution < -0.4 is 4.74 Å². The molecule has 0 unspecified atom stereocenters. The van der Waals surface area contributed by atoms with Crippen LogP contribution in [0.15, 0.2) is 6.07 Å². The minimum atomic E-state index is -5.06. The highest BCUT2D eigenvalue weighted by Crippen LogP contribution is 2.54. The van der Waals surface area contributed by atoms with Gasteiger partial charge in [-0.05, 0) is 32.4 Å². The molecule has 2 aliphatic heterocycles. The summed E-state index contributed by atoms with van der Waals surface area (Å²) in [5, 5.41) is 10.8. The van der Waals surface area contributed by atoms with Gasteiger partial charge in [0.05, 0.1) is 18.6 Å². The monoisotopic (exact) mass is 363 g/mol. The summed E-state index contributed by atoms with van der Waals surface area (Å²) in [6.45, 7) is 4.50. The van der Waals surface area contributed by atoms with Crippen LogP contribution in [0.3, 0.4) is 0 Å². The number of fused-ring (bicyclic) bond motifs is 4. The van der Waals surface area contributed by atoms with Crippen molar-refractivity contribution in [2.75, 3.05) is 6.61 Å². The highest BCUT2D eigenvalue weighted by atomic mass is 19.4. The average Bonchev–Trinajstić information content (AvgIpc) is 2.43. The van der Waals surface area contributed by atoms with Gasteiger partial charge in [-0.2, -0.15) is 13.2 Å². The zero-order chi connectivity index (χ0) is 18.6. The minimum Gasteiger partial charge on any atom is -0.462 e. The fourth-order valence-corrected chi connectivity index (χ4v) is 3.02. The van der Waals surface area contributed by atoms with E-state index in [1.165, 1.54) is 6.92 Å². The van der Waals surface area contributed by atoms with Gasteiger partial charge < -0.3 is 19.3 Å². The highest BCUT2D eigenvalue weighted by molar-refractivity contribution is 5.73. The number of aryl methyl sites for hydroxylation is 2. The molecule has 138 valence electrons. The largest absolute Gasteiger partial charge is 0.462 e. The first kappa shape index (κ1) is 17.9. The van der Waals surface area contributed by atoms with E-state index in [0.717, 1.165) is 0 Å². The van der Waals surface area contributed by atoms with Gasteiger partial charge in [0.2, 0.25) is 11.7 Å². The molecular weight excluding hydrogens is 347 g/mol. The Morgan fingerprint density at radius 2 is 2.12 bits per heavy atom. The van der Waals surface area contributed by atoms with Crippen molar-refractivity contribution >= 4 is 5.97 Å². The molecule has 3 rings (SSSR count). The van der Waals surface area contributed by atoms with Gasteiger partial charge >= 0.3 is 17.9 Å². The molecule has 2 aliphatic rings. The lowest BCUT2D eigenvalue weighted by atomic mass is 9.90. The number of hydrogen-bond donors (Lipinski definition) is 1. The molecule has 0 radical (unpaired) electrons. The van der Waals surface area contributed by atoms with Crippen LogP contribution in [0.5, 0.6) is 5.88 Å². The Hall–Kier alpha value is -1.91. The van der Waals surface area contributed by atoms with Crippen molar-refractivity contribution < 1.29 is 42.0 Å². The van der Waals surface area contributed by atoms with Crippen molar-refractivity contribution in [1.82, 2.24) is 4.98 Å². The number of carbonyl (C=O) groups is 1. The topological polar surface area (TPSA) is 87.1 Å². The number of aromatic nitrogens is 1. The summed E-state index contributed by atoms with van der Waals surface area (Å²) in [6.07, 6.45) is -8.26.